The van der Waals surface area contributed by atoms with Gasteiger partial charge in [0.15, 0.2) is 0 Å². The minimum atomic E-state index is 0.346. The Labute approximate surface area is 130 Å². The van der Waals surface area contributed by atoms with Crippen LogP contribution in [0.2, 0.25) is 0 Å². The van der Waals surface area contributed by atoms with E-state index >= 15 is 0 Å². The van der Waals surface area contributed by atoms with Crippen LogP contribution in [0.25, 0.3) is 0 Å². The average Bonchev–Trinajstić information content (AvgIpc) is 2.45. The van der Waals surface area contributed by atoms with Crippen LogP contribution in [0, 0.1) is 11.8 Å². The van der Waals surface area contributed by atoms with Gasteiger partial charge in [-0.1, -0.05) is 20.8 Å². The second-order valence-corrected chi connectivity index (χ2v) is 7.39. The molecule has 0 bridgehead atoms. The van der Waals surface area contributed by atoms with E-state index in [-0.39, 0.29) is 0 Å². The lowest BCUT2D eigenvalue weighted by atomic mass is 9.97. The highest BCUT2D eigenvalue weighted by Crippen LogP contribution is 2.18. The zero-order chi connectivity index (χ0) is 15.2. The molecule has 0 aromatic heterocycles. The van der Waals surface area contributed by atoms with Gasteiger partial charge in [0.2, 0.25) is 5.91 Å². The number of amides is 1. The Morgan fingerprint density at radius 3 is 2.67 bits per heavy atom. The van der Waals surface area contributed by atoms with E-state index in [2.05, 4.69) is 35.9 Å². The van der Waals surface area contributed by atoms with Crippen molar-refractivity contribution in [1.82, 2.24) is 15.1 Å². The fraction of sp³-hybridized carbons (Fsp3) is 0.941. The molecule has 4 heteroatoms. The fourth-order valence-electron chi connectivity index (χ4n) is 3.57. The van der Waals surface area contributed by atoms with Crippen LogP contribution in [0.5, 0.6) is 0 Å². The van der Waals surface area contributed by atoms with E-state index in [9.17, 15) is 4.79 Å². The second kappa shape index (κ2) is 8.14. The summed E-state index contributed by atoms with van der Waals surface area (Å²) in [7, 11) is 0. The highest BCUT2D eigenvalue weighted by atomic mass is 16.2. The molecule has 0 spiro atoms. The molecular formula is C17H33N3O. The summed E-state index contributed by atoms with van der Waals surface area (Å²) in [5.74, 6) is 1.72. The largest absolute Gasteiger partial charge is 0.341 e. The van der Waals surface area contributed by atoms with Gasteiger partial charge in [-0.3, -0.25) is 9.69 Å². The zero-order valence-corrected chi connectivity index (χ0v) is 14.1. The molecule has 2 unspecified atom stereocenters. The highest BCUT2D eigenvalue weighted by Gasteiger charge is 2.25. The van der Waals surface area contributed by atoms with E-state index in [1.54, 1.807) is 0 Å². The molecule has 0 saturated carbocycles. The Hall–Kier alpha value is -0.610. The summed E-state index contributed by atoms with van der Waals surface area (Å²) in [5, 5.41) is 3.54. The van der Waals surface area contributed by atoms with Crippen LogP contribution >= 0.6 is 0 Å². The standard InChI is InChI=1S/C17H33N3O/c1-14(2)18-10-16-7-5-8-19(12-16)13-17(21)20-9-4-6-15(3)11-20/h14-16,18H,4-13H2,1-3H3. The average molecular weight is 295 g/mol. The summed E-state index contributed by atoms with van der Waals surface area (Å²) >= 11 is 0. The summed E-state index contributed by atoms with van der Waals surface area (Å²) in [6.07, 6.45) is 4.98. The number of nitrogens with one attached hydrogen (secondary N) is 1. The predicted octanol–water partition coefficient (Wildman–Crippen LogP) is 1.95. The molecule has 2 fully saturated rings. The van der Waals surface area contributed by atoms with Gasteiger partial charge in [-0.15, -0.1) is 0 Å². The third-order valence-corrected chi connectivity index (χ3v) is 4.79. The van der Waals surface area contributed by atoms with Gasteiger partial charge in [0.25, 0.3) is 0 Å². The van der Waals surface area contributed by atoms with Crippen molar-refractivity contribution < 1.29 is 4.79 Å². The van der Waals surface area contributed by atoms with Gasteiger partial charge in [0.1, 0.15) is 0 Å². The first kappa shape index (κ1) is 16.8. The molecule has 1 N–H and O–H groups in total. The molecule has 2 rings (SSSR count). The second-order valence-electron chi connectivity index (χ2n) is 7.39. The SMILES string of the molecule is CC1CCCN(C(=O)CN2CCCC(CNC(C)C)C2)C1. The lowest BCUT2D eigenvalue weighted by Crippen LogP contribution is -2.48. The van der Waals surface area contributed by atoms with Crippen LogP contribution in [-0.2, 0) is 4.79 Å². The molecule has 1 amide bonds. The van der Waals surface area contributed by atoms with Crippen LogP contribution in [0.15, 0.2) is 0 Å². The quantitative estimate of drug-likeness (QED) is 0.842. The molecule has 0 aromatic rings. The maximum absolute atomic E-state index is 12.5. The van der Waals surface area contributed by atoms with Gasteiger partial charge in [-0.25, -0.2) is 0 Å². The number of piperidine rings is 2. The summed E-state index contributed by atoms with van der Waals surface area (Å²) < 4.78 is 0. The molecule has 21 heavy (non-hydrogen) atoms. The van der Waals surface area contributed by atoms with Crippen molar-refractivity contribution in [3.8, 4) is 0 Å². The van der Waals surface area contributed by atoms with Gasteiger partial charge in [-0.05, 0) is 50.6 Å². The number of hydrogen-bond acceptors (Lipinski definition) is 3. The van der Waals surface area contributed by atoms with Gasteiger partial charge >= 0.3 is 0 Å². The summed E-state index contributed by atoms with van der Waals surface area (Å²) in [6, 6.07) is 0.553. The molecule has 2 aliphatic heterocycles. The lowest BCUT2D eigenvalue weighted by Gasteiger charge is -2.36. The van der Waals surface area contributed by atoms with Gasteiger partial charge in [0.05, 0.1) is 6.54 Å². The predicted molar refractivity (Wildman–Crippen MR) is 87.3 cm³/mol. The van der Waals surface area contributed by atoms with Crippen molar-refractivity contribution in [1.29, 1.82) is 0 Å². The molecule has 122 valence electrons. The summed E-state index contributed by atoms with van der Waals surface area (Å²) in [5.41, 5.74) is 0. The van der Waals surface area contributed by atoms with Crippen LogP contribution < -0.4 is 5.32 Å². The Kier molecular flexibility index (Phi) is 6.49. The molecule has 0 aliphatic carbocycles. The first-order chi connectivity index (χ1) is 10.0. The third-order valence-electron chi connectivity index (χ3n) is 4.79. The first-order valence-corrected chi connectivity index (χ1v) is 8.78. The smallest absolute Gasteiger partial charge is 0.236 e. The fourth-order valence-corrected chi connectivity index (χ4v) is 3.57. The molecule has 2 atom stereocenters. The van der Waals surface area contributed by atoms with E-state index in [1.807, 2.05) is 0 Å². The van der Waals surface area contributed by atoms with E-state index in [0.29, 0.717) is 30.3 Å². The van der Waals surface area contributed by atoms with Crippen molar-refractivity contribution in [2.75, 3.05) is 39.3 Å². The van der Waals surface area contributed by atoms with Gasteiger partial charge < -0.3 is 10.2 Å². The zero-order valence-electron chi connectivity index (χ0n) is 14.1. The number of hydrogen-bond donors (Lipinski definition) is 1. The molecule has 0 aromatic carbocycles. The lowest BCUT2D eigenvalue weighted by molar-refractivity contribution is -0.134. The van der Waals surface area contributed by atoms with Crippen LogP contribution in [-0.4, -0.2) is 61.0 Å². The van der Waals surface area contributed by atoms with Crippen molar-refractivity contribution in [3.63, 3.8) is 0 Å². The topological polar surface area (TPSA) is 35.6 Å². The number of likely N-dealkylation sites (tertiary alicyclic amines) is 2. The van der Waals surface area contributed by atoms with Gasteiger partial charge in [-0.2, -0.15) is 0 Å². The van der Waals surface area contributed by atoms with Crippen LogP contribution in [0.1, 0.15) is 46.5 Å². The number of carbonyl (C=O) groups is 1. The van der Waals surface area contributed by atoms with Gasteiger partial charge in [0, 0.05) is 25.7 Å². The van der Waals surface area contributed by atoms with E-state index in [0.717, 1.165) is 32.7 Å². The van der Waals surface area contributed by atoms with E-state index < -0.39 is 0 Å². The van der Waals surface area contributed by atoms with Crippen molar-refractivity contribution in [3.05, 3.63) is 0 Å². The Morgan fingerprint density at radius 2 is 1.95 bits per heavy atom. The molecule has 0 radical (unpaired) electrons. The van der Waals surface area contributed by atoms with E-state index in [1.165, 1.54) is 25.7 Å². The molecule has 2 aliphatic rings. The minimum absolute atomic E-state index is 0.346. The van der Waals surface area contributed by atoms with Crippen molar-refractivity contribution in [2.45, 2.75) is 52.5 Å². The third kappa shape index (κ3) is 5.59. The van der Waals surface area contributed by atoms with E-state index in [4.69, 9.17) is 0 Å². The Balaban J connectivity index is 1.75. The van der Waals surface area contributed by atoms with Crippen molar-refractivity contribution >= 4 is 5.91 Å². The van der Waals surface area contributed by atoms with Crippen LogP contribution in [0.4, 0.5) is 0 Å². The Bertz CT molecular complexity index is 332. The summed E-state index contributed by atoms with van der Waals surface area (Å²) in [6.45, 7) is 12.5. The molecule has 2 heterocycles. The maximum Gasteiger partial charge on any atom is 0.236 e. The normalized spacial score (nSPS) is 28.1. The Morgan fingerprint density at radius 1 is 1.19 bits per heavy atom. The summed E-state index contributed by atoms with van der Waals surface area (Å²) in [4.78, 5) is 16.9. The molecule has 2 saturated heterocycles. The number of rotatable bonds is 5. The highest BCUT2D eigenvalue weighted by molar-refractivity contribution is 5.78. The van der Waals surface area contributed by atoms with Crippen LogP contribution in [0.3, 0.4) is 0 Å². The number of nitrogens with zero attached hydrogens (tertiary/aromatic N) is 2. The van der Waals surface area contributed by atoms with Crippen molar-refractivity contribution in [2.24, 2.45) is 11.8 Å². The minimum Gasteiger partial charge on any atom is -0.341 e. The number of carbonyl (C=O) groups excluding carboxylic acids is 1. The monoisotopic (exact) mass is 295 g/mol. The molecular weight excluding hydrogens is 262 g/mol. The first-order valence-electron chi connectivity index (χ1n) is 8.78. The molecule has 4 nitrogen and oxygen atoms in total. The maximum atomic E-state index is 12.5.